The van der Waals surface area contributed by atoms with E-state index in [2.05, 4.69) is 71.3 Å². The van der Waals surface area contributed by atoms with Crippen LogP contribution in [0, 0.1) is 18.5 Å². The standard InChI is InChI=1S/C33H29Cl3I2N2O2S/c1-33(2,3)20-5-11-24-28(14-20)43-32(29(24)31(41)40-23-9-7-21(34)8-10-23)39-16-18-12-26(37)30(27(38)13-18)42-17-19-4-6-22(35)15-25(19)36/h4,6-10,12-13,15-16,20H,5,11,14,17H2,1-3H3,(H,40,41)/t20-/m1/s1. The van der Waals surface area contributed by atoms with Gasteiger partial charge in [0, 0.05) is 37.4 Å². The molecule has 4 aromatic rings. The number of hydrogen-bond acceptors (Lipinski definition) is 4. The number of nitrogens with zero attached hydrogens (tertiary/aromatic N) is 1. The molecule has 0 unspecified atom stereocenters. The Balaban J connectivity index is 1.42. The van der Waals surface area contributed by atoms with Crippen LogP contribution in [0.5, 0.6) is 5.75 Å². The lowest BCUT2D eigenvalue weighted by atomic mass is 9.72. The average Bonchev–Trinajstić information content (AvgIpc) is 3.31. The number of carbonyl (C=O) groups is 1. The van der Waals surface area contributed by atoms with Crippen LogP contribution in [0.4, 0.5) is 10.7 Å². The number of nitrogens with one attached hydrogen (secondary N) is 1. The molecule has 43 heavy (non-hydrogen) atoms. The molecular weight excluding hydrogens is 849 g/mol. The number of hydrogen-bond donors (Lipinski definition) is 1. The Morgan fingerprint density at radius 1 is 1.05 bits per heavy atom. The van der Waals surface area contributed by atoms with Gasteiger partial charge in [-0.1, -0.05) is 61.6 Å². The highest BCUT2D eigenvalue weighted by molar-refractivity contribution is 14.1. The normalized spacial score (nSPS) is 15.0. The molecule has 1 atom stereocenters. The van der Waals surface area contributed by atoms with Crippen molar-refractivity contribution in [1.29, 1.82) is 0 Å². The van der Waals surface area contributed by atoms with Gasteiger partial charge in [-0.3, -0.25) is 4.79 Å². The summed E-state index contributed by atoms with van der Waals surface area (Å²) in [6, 6.07) is 16.6. The molecule has 0 bridgehead atoms. The van der Waals surface area contributed by atoms with Crippen molar-refractivity contribution < 1.29 is 9.53 Å². The van der Waals surface area contributed by atoms with Gasteiger partial charge in [-0.2, -0.15) is 0 Å². The number of benzene rings is 3. The van der Waals surface area contributed by atoms with Crippen molar-refractivity contribution in [3.8, 4) is 5.75 Å². The van der Waals surface area contributed by atoms with Crippen molar-refractivity contribution in [3.05, 3.63) is 104 Å². The van der Waals surface area contributed by atoms with Crippen molar-refractivity contribution in [2.24, 2.45) is 16.3 Å². The van der Waals surface area contributed by atoms with E-state index in [1.54, 1.807) is 35.6 Å². The second-order valence-corrected chi connectivity index (χ2v) is 16.2. The molecule has 0 fully saturated rings. The van der Waals surface area contributed by atoms with Crippen LogP contribution in [-0.4, -0.2) is 12.1 Å². The van der Waals surface area contributed by atoms with E-state index in [9.17, 15) is 4.79 Å². The van der Waals surface area contributed by atoms with E-state index in [1.165, 1.54) is 4.88 Å². The summed E-state index contributed by atoms with van der Waals surface area (Å²) in [4.78, 5) is 19.8. The van der Waals surface area contributed by atoms with Gasteiger partial charge in [0.25, 0.3) is 5.91 Å². The Labute approximate surface area is 298 Å². The zero-order valence-electron chi connectivity index (χ0n) is 23.7. The lowest BCUT2D eigenvalue weighted by molar-refractivity contribution is 0.102. The van der Waals surface area contributed by atoms with Crippen LogP contribution in [0.2, 0.25) is 15.1 Å². The van der Waals surface area contributed by atoms with Gasteiger partial charge < -0.3 is 10.1 Å². The number of fused-ring (bicyclic) bond motifs is 1. The molecule has 224 valence electrons. The molecule has 0 radical (unpaired) electrons. The summed E-state index contributed by atoms with van der Waals surface area (Å²) in [5, 5.41) is 5.58. The molecule has 1 aliphatic rings. The molecule has 10 heteroatoms. The minimum atomic E-state index is -0.144. The Bertz CT molecular complexity index is 1670. The van der Waals surface area contributed by atoms with Gasteiger partial charge in [-0.15, -0.1) is 11.3 Å². The third-order valence-corrected chi connectivity index (χ3v) is 11.1. The third-order valence-electron chi connectivity index (χ3n) is 7.54. The minimum absolute atomic E-state index is 0.144. The van der Waals surface area contributed by atoms with Crippen LogP contribution in [0.3, 0.4) is 0 Å². The van der Waals surface area contributed by atoms with Crippen molar-refractivity contribution in [3.63, 3.8) is 0 Å². The van der Waals surface area contributed by atoms with E-state index in [0.29, 0.717) is 38.8 Å². The fourth-order valence-electron chi connectivity index (χ4n) is 5.08. The quantitative estimate of drug-likeness (QED) is 0.149. The van der Waals surface area contributed by atoms with E-state index in [0.717, 1.165) is 53.8 Å². The Morgan fingerprint density at radius 3 is 2.37 bits per heavy atom. The molecule has 0 saturated carbocycles. The number of amides is 1. The number of rotatable bonds is 7. The third kappa shape index (κ3) is 8.08. The van der Waals surface area contributed by atoms with Crippen molar-refractivity contribution in [1.82, 2.24) is 0 Å². The monoisotopic (exact) mass is 876 g/mol. The molecule has 1 N–H and O–H groups in total. The maximum absolute atomic E-state index is 13.7. The number of ether oxygens (including phenoxy) is 1. The minimum Gasteiger partial charge on any atom is -0.487 e. The first-order valence-electron chi connectivity index (χ1n) is 13.7. The summed E-state index contributed by atoms with van der Waals surface area (Å²) in [6.07, 6.45) is 4.71. The second kappa shape index (κ2) is 14.0. The Morgan fingerprint density at radius 2 is 1.72 bits per heavy atom. The number of carbonyl (C=O) groups excluding carboxylic acids is 1. The highest BCUT2D eigenvalue weighted by Gasteiger charge is 2.33. The summed E-state index contributed by atoms with van der Waals surface area (Å²) in [7, 11) is 0. The highest BCUT2D eigenvalue weighted by atomic mass is 127. The van der Waals surface area contributed by atoms with Crippen LogP contribution < -0.4 is 10.1 Å². The molecular formula is C33H29Cl3I2N2O2S. The summed E-state index contributed by atoms with van der Waals surface area (Å²) in [5.74, 6) is 1.20. The lowest BCUT2D eigenvalue weighted by Gasteiger charge is -2.33. The van der Waals surface area contributed by atoms with Gasteiger partial charge >= 0.3 is 0 Å². The van der Waals surface area contributed by atoms with Crippen molar-refractivity contribution >= 4 is 114 Å². The summed E-state index contributed by atoms with van der Waals surface area (Å²) in [6.45, 7) is 7.22. The molecule has 0 aliphatic heterocycles. The van der Waals surface area contributed by atoms with Crippen LogP contribution in [0.15, 0.2) is 59.6 Å². The first kappa shape index (κ1) is 33.0. The van der Waals surface area contributed by atoms with Gasteiger partial charge in [-0.05, 0) is 135 Å². The second-order valence-electron chi connectivity index (χ2n) is 11.5. The van der Waals surface area contributed by atoms with Crippen LogP contribution in [0.1, 0.15) is 59.1 Å². The predicted molar refractivity (Wildman–Crippen MR) is 199 cm³/mol. The van der Waals surface area contributed by atoms with Gasteiger partial charge in [0.1, 0.15) is 17.4 Å². The Hall–Kier alpha value is -1.37. The fourth-order valence-corrected chi connectivity index (χ4v) is 9.06. The number of thiophene rings is 1. The smallest absolute Gasteiger partial charge is 0.259 e. The molecule has 1 aromatic heterocycles. The maximum atomic E-state index is 13.7. The van der Waals surface area contributed by atoms with Crippen LogP contribution >= 0.6 is 91.3 Å². The largest absolute Gasteiger partial charge is 0.487 e. The first-order chi connectivity index (χ1) is 20.4. The highest BCUT2D eigenvalue weighted by Crippen LogP contribution is 2.45. The number of anilines is 1. The summed E-state index contributed by atoms with van der Waals surface area (Å²) < 4.78 is 8.06. The predicted octanol–water partition coefficient (Wildman–Crippen LogP) is 11.7. The molecule has 1 heterocycles. The molecule has 1 amide bonds. The summed E-state index contributed by atoms with van der Waals surface area (Å²) >= 11 is 24.6. The van der Waals surface area contributed by atoms with E-state index in [4.69, 9.17) is 44.5 Å². The fraction of sp³-hybridized carbons (Fsp3) is 0.273. The zero-order valence-corrected chi connectivity index (χ0v) is 31.1. The van der Waals surface area contributed by atoms with Crippen molar-refractivity contribution in [2.45, 2.75) is 46.6 Å². The topological polar surface area (TPSA) is 50.7 Å². The van der Waals surface area contributed by atoms with Gasteiger partial charge in [0.15, 0.2) is 0 Å². The molecule has 5 rings (SSSR count). The van der Waals surface area contributed by atoms with Gasteiger partial charge in [-0.25, -0.2) is 4.99 Å². The number of halogens is 5. The molecule has 0 saturated heterocycles. The number of aliphatic imine (C=N–C) groups is 1. The van der Waals surface area contributed by atoms with E-state index >= 15 is 0 Å². The van der Waals surface area contributed by atoms with Gasteiger partial charge in [0.05, 0.1) is 12.7 Å². The summed E-state index contributed by atoms with van der Waals surface area (Å²) in [5.41, 5.74) is 4.48. The average molecular weight is 878 g/mol. The maximum Gasteiger partial charge on any atom is 0.259 e. The molecule has 4 nitrogen and oxygen atoms in total. The first-order valence-corrected chi connectivity index (χ1v) is 17.8. The van der Waals surface area contributed by atoms with E-state index in [1.807, 2.05) is 36.5 Å². The Kier molecular flexibility index (Phi) is 10.7. The van der Waals surface area contributed by atoms with Crippen LogP contribution in [0.25, 0.3) is 0 Å². The van der Waals surface area contributed by atoms with E-state index in [-0.39, 0.29) is 11.3 Å². The molecule has 1 aliphatic carbocycles. The molecule has 3 aromatic carbocycles. The zero-order chi connectivity index (χ0) is 30.9. The van der Waals surface area contributed by atoms with Gasteiger partial charge in [0.2, 0.25) is 0 Å². The molecule has 0 spiro atoms. The lowest BCUT2D eigenvalue weighted by Crippen LogP contribution is -2.27. The van der Waals surface area contributed by atoms with E-state index < -0.39 is 0 Å². The van der Waals surface area contributed by atoms with Crippen molar-refractivity contribution in [2.75, 3.05) is 5.32 Å². The van der Waals surface area contributed by atoms with Crippen LogP contribution in [-0.2, 0) is 19.4 Å². The SMILES string of the molecule is CC(C)(C)[C@@H]1CCc2c(sc(N=Cc3cc(I)c(OCc4ccc(Cl)cc4Cl)c(I)c3)c2C(=O)Nc2ccc(Cl)cc2)C1.